The Kier molecular flexibility index (Phi) is 4.20. The molecular weight excluding hydrogens is 254 g/mol. The van der Waals surface area contributed by atoms with Crippen LogP contribution in [-0.4, -0.2) is 16.3 Å². The van der Waals surface area contributed by atoms with Crippen LogP contribution in [0.2, 0.25) is 4.34 Å². The number of rotatable bonds is 5. The van der Waals surface area contributed by atoms with Crippen molar-refractivity contribution in [3.8, 4) is 0 Å². The van der Waals surface area contributed by atoms with E-state index in [0.29, 0.717) is 6.04 Å². The van der Waals surface area contributed by atoms with Crippen LogP contribution >= 0.6 is 22.9 Å². The van der Waals surface area contributed by atoms with Crippen molar-refractivity contribution in [2.24, 2.45) is 7.05 Å². The summed E-state index contributed by atoms with van der Waals surface area (Å²) in [4.78, 5) is 1.30. The van der Waals surface area contributed by atoms with Crippen LogP contribution in [0.5, 0.6) is 0 Å². The lowest BCUT2D eigenvalue weighted by atomic mass is 10.1. The molecule has 2 rings (SSSR count). The molecule has 0 spiro atoms. The molecule has 1 atom stereocenters. The molecule has 0 saturated carbocycles. The first-order chi connectivity index (χ1) is 8.19. The minimum atomic E-state index is 0.309. The maximum atomic E-state index is 5.95. The number of thiophene rings is 1. The maximum absolute atomic E-state index is 5.95. The quantitative estimate of drug-likeness (QED) is 0.904. The number of nitrogens with one attached hydrogen (secondary N) is 1. The minimum absolute atomic E-state index is 0.309. The Morgan fingerprint density at radius 3 is 2.88 bits per heavy atom. The van der Waals surface area contributed by atoms with Gasteiger partial charge in [0.05, 0.1) is 10.5 Å². The zero-order chi connectivity index (χ0) is 12.3. The van der Waals surface area contributed by atoms with Crippen molar-refractivity contribution in [2.75, 3.05) is 6.54 Å². The summed E-state index contributed by atoms with van der Waals surface area (Å²) in [5, 5.41) is 7.70. The molecule has 1 N–H and O–H groups in total. The molecule has 17 heavy (non-hydrogen) atoms. The van der Waals surface area contributed by atoms with Crippen LogP contribution in [0, 0.1) is 0 Å². The maximum Gasteiger partial charge on any atom is 0.0931 e. The van der Waals surface area contributed by atoms with Gasteiger partial charge in [-0.3, -0.25) is 4.68 Å². The van der Waals surface area contributed by atoms with E-state index in [0.717, 1.165) is 17.3 Å². The molecule has 1 unspecified atom stereocenters. The lowest BCUT2D eigenvalue weighted by molar-refractivity contribution is 0.553. The van der Waals surface area contributed by atoms with Gasteiger partial charge in [-0.15, -0.1) is 11.3 Å². The third kappa shape index (κ3) is 3.31. The smallest absolute Gasteiger partial charge is 0.0931 e. The van der Waals surface area contributed by atoms with Gasteiger partial charge in [0.15, 0.2) is 0 Å². The summed E-state index contributed by atoms with van der Waals surface area (Å²) >= 11 is 7.59. The van der Waals surface area contributed by atoms with E-state index < -0.39 is 0 Å². The predicted molar refractivity (Wildman–Crippen MR) is 72.7 cm³/mol. The molecule has 5 heteroatoms. The Morgan fingerprint density at radius 1 is 1.53 bits per heavy atom. The Bertz CT molecular complexity index is 478. The highest BCUT2D eigenvalue weighted by atomic mass is 35.5. The van der Waals surface area contributed by atoms with Crippen LogP contribution in [-0.2, 0) is 13.5 Å². The number of hydrogen-bond acceptors (Lipinski definition) is 3. The summed E-state index contributed by atoms with van der Waals surface area (Å²) in [5.74, 6) is 0. The normalized spacial score (nSPS) is 12.9. The van der Waals surface area contributed by atoms with Crippen molar-refractivity contribution in [2.45, 2.75) is 19.4 Å². The summed E-state index contributed by atoms with van der Waals surface area (Å²) in [7, 11) is 1.94. The average molecular weight is 270 g/mol. The first-order valence-electron chi connectivity index (χ1n) is 5.65. The largest absolute Gasteiger partial charge is 0.310 e. The number of aromatic nitrogens is 2. The van der Waals surface area contributed by atoms with Crippen LogP contribution < -0.4 is 5.32 Å². The second-order valence-corrected chi connectivity index (χ2v) is 5.77. The van der Waals surface area contributed by atoms with E-state index >= 15 is 0 Å². The van der Waals surface area contributed by atoms with Crippen molar-refractivity contribution in [1.82, 2.24) is 15.1 Å². The van der Waals surface area contributed by atoms with Crippen molar-refractivity contribution in [3.63, 3.8) is 0 Å². The average Bonchev–Trinajstić information content (AvgIpc) is 2.87. The predicted octanol–water partition coefficient (Wildman–Crippen LogP) is 3.03. The van der Waals surface area contributed by atoms with Gasteiger partial charge in [-0.05, 0) is 18.7 Å². The topological polar surface area (TPSA) is 29.9 Å². The molecule has 0 aliphatic rings. The van der Waals surface area contributed by atoms with E-state index in [1.54, 1.807) is 11.3 Å². The van der Waals surface area contributed by atoms with Crippen LogP contribution in [0.3, 0.4) is 0 Å². The molecule has 2 aromatic rings. The Labute approximate surface area is 110 Å². The van der Waals surface area contributed by atoms with Gasteiger partial charge < -0.3 is 5.32 Å². The van der Waals surface area contributed by atoms with Gasteiger partial charge in [0.25, 0.3) is 0 Å². The standard InChI is InChI=1S/C12H16ClN3S/c1-3-14-11(9-7-15-16(2)8-9)6-10-4-5-12(13)17-10/h4-5,7-8,11,14H,3,6H2,1-2H3. The second kappa shape index (κ2) is 5.67. The van der Waals surface area contributed by atoms with E-state index in [-0.39, 0.29) is 0 Å². The first-order valence-corrected chi connectivity index (χ1v) is 6.84. The fourth-order valence-electron chi connectivity index (χ4n) is 1.84. The van der Waals surface area contributed by atoms with Gasteiger partial charge in [0.2, 0.25) is 0 Å². The Balaban J connectivity index is 2.12. The van der Waals surface area contributed by atoms with Gasteiger partial charge in [-0.25, -0.2) is 0 Å². The molecule has 2 heterocycles. The monoisotopic (exact) mass is 269 g/mol. The van der Waals surface area contributed by atoms with Crippen molar-refractivity contribution in [1.29, 1.82) is 0 Å². The molecular formula is C12H16ClN3S. The van der Waals surface area contributed by atoms with Gasteiger partial charge in [0.1, 0.15) is 0 Å². The van der Waals surface area contributed by atoms with E-state index in [1.165, 1.54) is 10.4 Å². The second-order valence-electron chi connectivity index (χ2n) is 3.97. The summed E-state index contributed by atoms with van der Waals surface area (Å²) in [6, 6.07) is 4.35. The summed E-state index contributed by atoms with van der Waals surface area (Å²) in [6.07, 6.45) is 4.93. The zero-order valence-corrected chi connectivity index (χ0v) is 11.6. The highest BCUT2D eigenvalue weighted by Crippen LogP contribution is 2.26. The van der Waals surface area contributed by atoms with Crippen LogP contribution in [0.1, 0.15) is 23.4 Å². The molecule has 3 nitrogen and oxygen atoms in total. The fraction of sp³-hybridized carbons (Fsp3) is 0.417. The molecule has 0 fully saturated rings. The van der Waals surface area contributed by atoms with Gasteiger partial charge >= 0.3 is 0 Å². The minimum Gasteiger partial charge on any atom is -0.310 e. The third-order valence-electron chi connectivity index (χ3n) is 2.61. The summed E-state index contributed by atoms with van der Waals surface area (Å²) in [5.41, 5.74) is 1.22. The number of halogens is 1. The zero-order valence-electron chi connectivity index (χ0n) is 9.98. The van der Waals surface area contributed by atoms with Crippen molar-refractivity contribution >= 4 is 22.9 Å². The number of nitrogens with zero attached hydrogens (tertiary/aromatic N) is 2. The van der Waals surface area contributed by atoms with E-state index in [1.807, 2.05) is 24.0 Å². The van der Waals surface area contributed by atoms with Gasteiger partial charge in [-0.2, -0.15) is 5.10 Å². The Hall–Kier alpha value is -0.840. The molecule has 92 valence electrons. The first kappa shape index (κ1) is 12.6. The van der Waals surface area contributed by atoms with Crippen LogP contribution in [0.25, 0.3) is 0 Å². The van der Waals surface area contributed by atoms with Gasteiger partial charge in [0, 0.05) is 36.1 Å². The molecule has 0 saturated heterocycles. The number of hydrogen-bond donors (Lipinski definition) is 1. The molecule has 2 aromatic heterocycles. The molecule has 0 amide bonds. The van der Waals surface area contributed by atoms with Crippen molar-refractivity contribution in [3.05, 3.63) is 39.3 Å². The summed E-state index contributed by atoms with van der Waals surface area (Å²) < 4.78 is 2.68. The lowest BCUT2D eigenvalue weighted by Crippen LogP contribution is -2.22. The highest BCUT2D eigenvalue weighted by molar-refractivity contribution is 7.16. The van der Waals surface area contributed by atoms with E-state index in [9.17, 15) is 0 Å². The van der Waals surface area contributed by atoms with Gasteiger partial charge in [-0.1, -0.05) is 18.5 Å². The number of aryl methyl sites for hydroxylation is 1. The number of likely N-dealkylation sites (N-methyl/N-ethyl adjacent to an activating group) is 1. The van der Waals surface area contributed by atoms with Crippen molar-refractivity contribution < 1.29 is 0 Å². The summed E-state index contributed by atoms with van der Waals surface area (Å²) in [6.45, 7) is 3.06. The van der Waals surface area contributed by atoms with Crippen LogP contribution in [0.4, 0.5) is 0 Å². The molecule has 0 aliphatic heterocycles. The SMILES string of the molecule is CCNC(Cc1ccc(Cl)s1)c1cnn(C)c1. The Morgan fingerprint density at radius 2 is 2.35 bits per heavy atom. The molecule has 0 radical (unpaired) electrons. The third-order valence-corrected chi connectivity index (χ3v) is 3.87. The van der Waals surface area contributed by atoms with E-state index in [2.05, 4.69) is 29.6 Å². The fourth-order valence-corrected chi connectivity index (χ4v) is 2.97. The lowest BCUT2D eigenvalue weighted by Gasteiger charge is -2.15. The highest BCUT2D eigenvalue weighted by Gasteiger charge is 2.13. The molecule has 0 bridgehead atoms. The van der Waals surface area contributed by atoms with Crippen LogP contribution in [0.15, 0.2) is 24.5 Å². The van der Waals surface area contributed by atoms with E-state index in [4.69, 9.17) is 11.6 Å². The molecule has 0 aromatic carbocycles. The molecule has 0 aliphatic carbocycles.